The summed E-state index contributed by atoms with van der Waals surface area (Å²) < 4.78 is 0. The van der Waals surface area contributed by atoms with E-state index in [0.29, 0.717) is 13.0 Å². The minimum Gasteiger partial charge on any atom is -0.347 e. The van der Waals surface area contributed by atoms with Gasteiger partial charge in [0.1, 0.15) is 0 Å². The van der Waals surface area contributed by atoms with Gasteiger partial charge in [-0.25, -0.2) is 0 Å². The van der Waals surface area contributed by atoms with Crippen molar-refractivity contribution in [3.05, 3.63) is 0 Å². The van der Waals surface area contributed by atoms with Crippen LogP contribution in [0, 0.1) is 0 Å². The van der Waals surface area contributed by atoms with E-state index in [1.54, 1.807) is 21.1 Å². The van der Waals surface area contributed by atoms with Crippen LogP contribution in [0.4, 0.5) is 0 Å². The molecule has 0 fully saturated rings. The monoisotopic (exact) mass is 223 g/mol. The van der Waals surface area contributed by atoms with Crippen LogP contribution in [0.15, 0.2) is 0 Å². The van der Waals surface area contributed by atoms with E-state index < -0.39 is 0 Å². The molecule has 2 N–H and O–H groups in total. The Hall–Kier alpha value is -0.810. The van der Waals surface area contributed by atoms with E-state index in [4.69, 9.17) is 0 Å². The van der Waals surface area contributed by atoms with Crippen LogP contribution in [0.1, 0.15) is 6.42 Å². The van der Waals surface area contributed by atoms with Gasteiger partial charge in [0.25, 0.3) is 0 Å². The molecule has 84 valence electrons. The second kappa shape index (κ2) is 8.77. The Balaban J connectivity index is 0. The molecule has 0 aromatic carbocycles. The highest BCUT2D eigenvalue weighted by molar-refractivity contribution is 5.85. The molecule has 0 aliphatic carbocycles. The van der Waals surface area contributed by atoms with Crippen LogP contribution in [0.3, 0.4) is 0 Å². The van der Waals surface area contributed by atoms with Gasteiger partial charge in [-0.2, -0.15) is 0 Å². The highest BCUT2D eigenvalue weighted by Crippen LogP contribution is 1.79. The summed E-state index contributed by atoms with van der Waals surface area (Å²) in [7, 11) is 5.09. The minimum atomic E-state index is -0.107. The number of carbonyl (C=O) groups is 2. The van der Waals surface area contributed by atoms with E-state index in [1.165, 1.54) is 4.90 Å². The van der Waals surface area contributed by atoms with E-state index in [9.17, 15) is 9.59 Å². The molecule has 0 rings (SSSR count). The van der Waals surface area contributed by atoms with Gasteiger partial charge in [-0.1, -0.05) is 0 Å². The standard InChI is InChI=1S/C8H17N3O2.ClH/c1-9-5-4-7(12)10-6-8(13)11(2)3;/h9H,4-6H2,1-3H3,(H,10,12);1H. The number of rotatable bonds is 5. The number of hydrogen-bond acceptors (Lipinski definition) is 3. The normalized spacial score (nSPS) is 8.79. The highest BCUT2D eigenvalue weighted by Gasteiger charge is 2.05. The fourth-order valence-electron chi connectivity index (χ4n) is 0.659. The van der Waals surface area contributed by atoms with Crippen molar-refractivity contribution in [2.75, 3.05) is 34.2 Å². The Labute approximate surface area is 90.6 Å². The molecule has 0 aromatic heterocycles. The molecule has 0 saturated carbocycles. The summed E-state index contributed by atoms with van der Waals surface area (Å²) in [5, 5.41) is 5.38. The van der Waals surface area contributed by atoms with Crippen molar-refractivity contribution < 1.29 is 9.59 Å². The molecule has 14 heavy (non-hydrogen) atoms. The third-order valence-corrected chi connectivity index (χ3v) is 1.54. The third kappa shape index (κ3) is 7.82. The molecule has 0 spiro atoms. The van der Waals surface area contributed by atoms with Crippen molar-refractivity contribution in [1.29, 1.82) is 0 Å². The highest BCUT2D eigenvalue weighted by atomic mass is 35.5. The summed E-state index contributed by atoms with van der Waals surface area (Å²) in [6, 6.07) is 0. The van der Waals surface area contributed by atoms with Crippen molar-refractivity contribution in [2.45, 2.75) is 6.42 Å². The number of halogens is 1. The van der Waals surface area contributed by atoms with Crippen LogP contribution in [0.2, 0.25) is 0 Å². The summed E-state index contributed by atoms with van der Waals surface area (Å²) in [6.07, 6.45) is 0.400. The lowest BCUT2D eigenvalue weighted by molar-refractivity contribution is -0.130. The molecule has 0 unspecified atom stereocenters. The molecular weight excluding hydrogens is 206 g/mol. The van der Waals surface area contributed by atoms with Gasteiger partial charge in [-0.05, 0) is 7.05 Å². The Kier molecular flexibility index (Phi) is 9.81. The Morgan fingerprint density at radius 2 is 1.86 bits per heavy atom. The predicted molar refractivity (Wildman–Crippen MR) is 57.5 cm³/mol. The van der Waals surface area contributed by atoms with E-state index in [1.807, 2.05) is 0 Å². The van der Waals surface area contributed by atoms with Crippen molar-refractivity contribution in [2.24, 2.45) is 0 Å². The second-order valence-corrected chi connectivity index (χ2v) is 2.92. The van der Waals surface area contributed by atoms with Gasteiger partial charge in [-0.15, -0.1) is 12.4 Å². The minimum absolute atomic E-state index is 0. The fourth-order valence-corrected chi connectivity index (χ4v) is 0.659. The molecule has 2 amide bonds. The van der Waals surface area contributed by atoms with Gasteiger partial charge in [0.05, 0.1) is 6.54 Å². The number of amides is 2. The molecule has 0 aliphatic heterocycles. The Morgan fingerprint density at radius 3 is 2.29 bits per heavy atom. The van der Waals surface area contributed by atoms with Crippen molar-refractivity contribution >= 4 is 24.2 Å². The van der Waals surface area contributed by atoms with Crippen LogP contribution in [0.25, 0.3) is 0 Å². The van der Waals surface area contributed by atoms with Crippen LogP contribution in [0.5, 0.6) is 0 Å². The summed E-state index contributed by atoms with van der Waals surface area (Å²) in [5.41, 5.74) is 0. The van der Waals surface area contributed by atoms with Crippen LogP contribution < -0.4 is 10.6 Å². The molecule has 5 nitrogen and oxygen atoms in total. The summed E-state index contributed by atoms with van der Waals surface area (Å²) in [6.45, 7) is 0.706. The van der Waals surface area contributed by atoms with Crippen LogP contribution >= 0.6 is 12.4 Å². The molecule has 0 heterocycles. The Morgan fingerprint density at radius 1 is 1.29 bits per heavy atom. The predicted octanol–water partition coefficient (Wildman–Crippen LogP) is -0.778. The molecule has 6 heteroatoms. The quantitative estimate of drug-likeness (QED) is 0.643. The molecule has 0 bridgehead atoms. The zero-order valence-electron chi connectivity index (χ0n) is 8.79. The zero-order valence-corrected chi connectivity index (χ0v) is 9.61. The van der Waals surface area contributed by atoms with E-state index in [2.05, 4.69) is 10.6 Å². The first-order chi connectivity index (χ1) is 6.07. The lowest BCUT2D eigenvalue weighted by Crippen LogP contribution is -2.36. The maximum atomic E-state index is 11.0. The zero-order chi connectivity index (χ0) is 10.3. The average Bonchev–Trinajstić information content (AvgIpc) is 2.10. The third-order valence-electron chi connectivity index (χ3n) is 1.54. The SMILES string of the molecule is CNCCC(=O)NCC(=O)N(C)C.Cl. The number of nitrogens with one attached hydrogen (secondary N) is 2. The van der Waals surface area contributed by atoms with Gasteiger partial charge in [0, 0.05) is 27.1 Å². The number of likely N-dealkylation sites (N-methyl/N-ethyl adjacent to an activating group) is 1. The first kappa shape index (κ1) is 15.7. The molecule has 0 aromatic rings. The second-order valence-electron chi connectivity index (χ2n) is 2.92. The summed E-state index contributed by atoms with van der Waals surface area (Å²) in [4.78, 5) is 23.5. The van der Waals surface area contributed by atoms with Gasteiger partial charge >= 0.3 is 0 Å². The van der Waals surface area contributed by atoms with Crippen molar-refractivity contribution in [3.63, 3.8) is 0 Å². The van der Waals surface area contributed by atoms with E-state index >= 15 is 0 Å². The molecule has 0 saturated heterocycles. The van der Waals surface area contributed by atoms with Gasteiger partial charge in [0.15, 0.2) is 0 Å². The molecule has 0 atom stereocenters. The molecule has 0 radical (unpaired) electrons. The number of carbonyl (C=O) groups excluding carboxylic acids is 2. The lowest BCUT2D eigenvalue weighted by atomic mass is 10.4. The van der Waals surface area contributed by atoms with Crippen molar-refractivity contribution in [1.82, 2.24) is 15.5 Å². The topological polar surface area (TPSA) is 61.4 Å². The van der Waals surface area contributed by atoms with Gasteiger partial charge in [-0.3, -0.25) is 9.59 Å². The first-order valence-electron chi connectivity index (χ1n) is 4.19. The maximum Gasteiger partial charge on any atom is 0.241 e. The van der Waals surface area contributed by atoms with Crippen molar-refractivity contribution in [3.8, 4) is 0 Å². The smallest absolute Gasteiger partial charge is 0.241 e. The Bertz CT molecular complexity index is 185. The lowest BCUT2D eigenvalue weighted by Gasteiger charge is -2.10. The van der Waals surface area contributed by atoms with E-state index in [0.717, 1.165) is 0 Å². The summed E-state index contributed by atoms with van der Waals surface area (Å²) in [5.74, 6) is -0.206. The maximum absolute atomic E-state index is 11.0. The number of hydrogen-bond donors (Lipinski definition) is 2. The first-order valence-corrected chi connectivity index (χ1v) is 4.19. The summed E-state index contributed by atoms with van der Waals surface area (Å²) >= 11 is 0. The van der Waals surface area contributed by atoms with Gasteiger partial charge < -0.3 is 15.5 Å². The van der Waals surface area contributed by atoms with Gasteiger partial charge in [0.2, 0.25) is 11.8 Å². The average molecular weight is 224 g/mol. The van der Waals surface area contributed by atoms with E-state index in [-0.39, 0.29) is 30.8 Å². The van der Waals surface area contributed by atoms with Crippen LogP contribution in [-0.4, -0.2) is 50.9 Å². The largest absolute Gasteiger partial charge is 0.347 e. The van der Waals surface area contributed by atoms with Crippen LogP contribution in [-0.2, 0) is 9.59 Å². The fraction of sp³-hybridized carbons (Fsp3) is 0.750. The number of nitrogens with zero attached hydrogens (tertiary/aromatic N) is 1. The molecule has 0 aliphatic rings. The molecular formula is C8H18ClN3O2.